The summed E-state index contributed by atoms with van der Waals surface area (Å²) >= 11 is 3.44. The molecule has 23 heavy (non-hydrogen) atoms. The third-order valence-electron chi connectivity index (χ3n) is 3.85. The molecule has 0 saturated carbocycles. The Morgan fingerprint density at radius 3 is 2.43 bits per heavy atom. The minimum Gasteiger partial charge on any atom is -0.325 e. The van der Waals surface area contributed by atoms with Gasteiger partial charge in [-0.2, -0.15) is 0 Å². The monoisotopic (exact) mass is 374 g/mol. The zero-order valence-electron chi connectivity index (χ0n) is 13.8. The van der Waals surface area contributed by atoms with E-state index in [0.29, 0.717) is 6.54 Å². The fourth-order valence-corrected chi connectivity index (χ4v) is 2.82. The first-order chi connectivity index (χ1) is 11.0. The van der Waals surface area contributed by atoms with Crippen LogP contribution in [0.4, 0.5) is 5.69 Å². The number of hydrogen-bond acceptors (Lipinski definition) is 2. The van der Waals surface area contributed by atoms with Gasteiger partial charge in [0.2, 0.25) is 5.91 Å². The normalized spacial score (nSPS) is 12.0. The van der Waals surface area contributed by atoms with E-state index in [-0.39, 0.29) is 11.9 Å². The number of amides is 1. The molecule has 0 heterocycles. The van der Waals surface area contributed by atoms with Crippen molar-refractivity contribution >= 4 is 27.5 Å². The second-order valence-electron chi connectivity index (χ2n) is 5.76. The van der Waals surface area contributed by atoms with Gasteiger partial charge in [-0.15, -0.1) is 0 Å². The predicted molar refractivity (Wildman–Crippen MR) is 99.7 cm³/mol. The topological polar surface area (TPSA) is 41.1 Å². The Labute approximate surface area is 146 Å². The lowest BCUT2D eigenvalue weighted by Crippen LogP contribution is -2.31. The van der Waals surface area contributed by atoms with Gasteiger partial charge in [0.15, 0.2) is 0 Å². The van der Waals surface area contributed by atoms with Gasteiger partial charge in [0.05, 0.1) is 6.54 Å². The fraction of sp³-hybridized carbons (Fsp3) is 0.316. The van der Waals surface area contributed by atoms with Gasteiger partial charge in [-0.3, -0.25) is 4.79 Å². The van der Waals surface area contributed by atoms with E-state index in [1.54, 1.807) is 0 Å². The molecular weight excluding hydrogens is 352 g/mol. The Bertz CT molecular complexity index is 668. The second kappa shape index (κ2) is 8.27. The molecule has 4 heteroatoms. The van der Waals surface area contributed by atoms with E-state index in [0.717, 1.165) is 22.1 Å². The van der Waals surface area contributed by atoms with Crippen molar-refractivity contribution in [3.8, 4) is 0 Å². The van der Waals surface area contributed by atoms with Gasteiger partial charge in [0.1, 0.15) is 0 Å². The highest BCUT2D eigenvalue weighted by Crippen LogP contribution is 2.19. The number of benzene rings is 2. The first kappa shape index (κ1) is 17.7. The molecule has 1 atom stereocenters. The van der Waals surface area contributed by atoms with Gasteiger partial charge in [0.25, 0.3) is 0 Å². The summed E-state index contributed by atoms with van der Waals surface area (Å²) in [4.78, 5) is 12.2. The van der Waals surface area contributed by atoms with E-state index in [4.69, 9.17) is 0 Å². The Morgan fingerprint density at radius 1 is 1.13 bits per heavy atom. The van der Waals surface area contributed by atoms with Crippen LogP contribution < -0.4 is 10.6 Å². The fourth-order valence-electron chi connectivity index (χ4n) is 2.56. The SMILES string of the molecule is CC[C@@H](NCC(=O)Nc1ccc(C)cc1C)c1ccc(Br)cc1. The van der Waals surface area contributed by atoms with Crippen LogP contribution in [0.5, 0.6) is 0 Å². The van der Waals surface area contributed by atoms with Crippen LogP contribution in [0.15, 0.2) is 46.9 Å². The summed E-state index contributed by atoms with van der Waals surface area (Å²) in [6.45, 7) is 6.46. The van der Waals surface area contributed by atoms with Crippen LogP contribution in [0.25, 0.3) is 0 Å². The van der Waals surface area contributed by atoms with E-state index in [1.807, 2.05) is 38.1 Å². The molecule has 0 radical (unpaired) electrons. The van der Waals surface area contributed by atoms with Crippen LogP contribution >= 0.6 is 15.9 Å². The van der Waals surface area contributed by atoms with Gasteiger partial charge >= 0.3 is 0 Å². The van der Waals surface area contributed by atoms with Crippen LogP contribution in [-0.4, -0.2) is 12.5 Å². The predicted octanol–water partition coefficient (Wildman–Crippen LogP) is 4.75. The standard InChI is InChI=1S/C19H23BrN2O/c1-4-17(15-6-8-16(20)9-7-15)21-12-19(23)22-18-10-5-13(2)11-14(18)3/h5-11,17,21H,4,12H2,1-3H3,(H,22,23)/t17-/m1/s1. The van der Waals surface area contributed by atoms with Crippen LogP contribution in [0.3, 0.4) is 0 Å². The van der Waals surface area contributed by atoms with E-state index >= 15 is 0 Å². The molecule has 0 saturated heterocycles. The minimum absolute atomic E-state index is 0.0208. The molecule has 0 aromatic heterocycles. The molecule has 3 nitrogen and oxygen atoms in total. The van der Waals surface area contributed by atoms with Crippen molar-refractivity contribution in [1.82, 2.24) is 5.32 Å². The molecule has 1 amide bonds. The summed E-state index contributed by atoms with van der Waals surface area (Å²) in [5.41, 5.74) is 4.34. The smallest absolute Gasteiger partial charge is 0.238 e. The number of anilines is 1. The second-order valence-corrected chi connectivity index (χ2v) is 6.68. The van der Waals surface area contributed by atoms with Crippen molar-refractivity contribution in [2.75, 3.05) is 11.9 Å². The highest BCUT2D eigenvalue weighted by molar-refractivity contribution is 9.10. The number of carbonyl (C=O) groups is 1. The molecular formula is C19H23BrN2O. The molecule has 0 bridgehead atoms. The Kier molecular flexibility index (Phi) is 6.37. The third-order valence-corrected chi connectivity index (χ3v) is 4.37. The van der Waals surface area contributed by atoms with Gasteiger partial charge in [0, 0.05) is 16.2 Å². The number of aryl methyl sites for hydroxylation is 2. The molecule has 0 aliphatic carbocycles. The van der Waals surface area contributed by atoms with Crippen molar-refractivity contribution in [1.29, 1.82) is 0 Å². The van der Waals surface area contributed by atoms with Crippen molar-refractivity contribution in [3.63, 3.8) is 0 Å². The Hall–Kier alpha value is -1.65. The first-order valence-electron chi connectivity index (χ1n) is 7.85. The zero-order chi connectivity index (χ0) is 16.8. The first-order valence-corrected chi connectivity index (χ1v) is 8.65. The lowest BCUT2D eigenvalue weighted by molar-refractivity contribution is -0.115. The van der Waals surface area contributed by atoms with E-state index in [1.165, 1.54) is 11.1 Å². The number of rotatable bonds is 6. The van der Waals surface area contributed by atoms with Crippen LogP contribution in [0.2, 0.25) is 0 Å². The summed E-state index contributed by atoms with van der Waals surface area (Å²) in [5, 5.41) is 6.30. The molecule has 0 spiro atoms. The van der Waals surface area contributed by atoms with Gasteiger partial charge in [-0.05, 0) is 49.6 Å². The largest absolute Gasteiger partial charge is 0.325 e. The molecule has 2 aromatic carbocycles. The lowest BCUT2D eigenvalue weighted by Gasteiger charge is -2.18. The van der Waals surface area contributed by atoms with Gasteiger partial charge in [-0.25, -0.2) is 0 Å². The number of hydrogen-bond donors (Lipinski definition) is 2. The van der Waals surface area contributed by atoms with Crippen LogP contribution in [0.1, 0.15) is 36.1 Å². The Morgan fingerprint density at radius 2 is 1.83 bits per heavy atom. The number of nitrogens with one attached hydrogen (secondary N) is 2. The molecule has 0 aliphatic heterocycles. The zero-order valence-corrected chi connectivity index (χ0v) is 15.4. The third kappa shape index (κ3) is 5.19. The average Bonchev–Trinajstić information content (AvgIpc) is 2.52. The highest BCUT2D eigenvalue weighted by atomic mass is 79.9. The quantitative estimate of drug-likeness (QED) is 0.765. The molecule has 2 rings (SSSR count). The average molecular weight is 375 g/mol. The van der Waals surface area contributed by atoms with Crippen molar-refractivity contribution in [3.05, 3.63) is 63.6 Å². The molecule has 0 fully saturated rings. The maximum atomic E-state index is 12.2. The maximum absolute atomic E-state index is 12.2. The molecule has 0 unspecified atom stereocenters. The number of halogens is 1. The van der Waals surface area contributed by atoms with Crippen molar-refractivity contribution < 1.29 is 4.79 Å². The van der Waals surface area contributed by atoms with Crippen molar-refractivity contribution in [2.45, 2.75) is 33.2 Å². The molecule has 2 N–H and O–H groups in total. The van der Waals surface area contributed by atoms with E-state index < -0.39 is 0 Å². The molecule has 122 valence electrons. The molecule has 2 aromatic rings. The highest BCUT2D eigenvalue weighted by Gasteiger charge is 2.11. The summed E-state index contributed by atoms with van der Waals surface area (Å²) in [7, 11) is 0. The minimum atomic E-state index is -0.0208. The lowest BCUT2D eigenvalue weighted by atomic mass is 10.0. The van der Waals surface area contributed by atoms with Crippen molar-refractivity contribution in [2.24, 2.45) is 0 Å². The summed E-state index contributed by atoms with van der Waals surface area (Å²) < 4.78 is 1.06. The Balaban J connectivity index is 1.93. The number of carbonyl (C=O) groups excluding carboxylic acids is 1. The molecule has 0 aliphatic rings. The maximum Gasteiger partial charge on any atom is 0.238 e. The summed E-state index contributed by atoms with van der Waals surface area (Å²) in [6, 6.07) is 14.4. The van der Waals surface area contributed by atoms with E-state index in [9.17, 15) is 4.79 Å². The van der Waals surface area contributed by atoms with E-state index in [2.05, 4.69) is 51.7 Å². The summed E-state index contributed by atoms with van der Waals surface area (Å²) in [5.74, 6) is -0.0208. The van der Waals surface area contributed by atoms with Crippen LogP contribution in [-0.2, 0) is 4.79 Å². The van der Waals surface area contributed by atoms with Gasteiger partial charge < -0.3 is 10.6 Å². The van der Waals surface area contributed by atoms with Crippen LogP contribution in [0, 0.1) is 13.8 Å². The summed E-state index contributed by atoms with van der Waals surface area (Å²) in [6.07, 6.45) is 0.929. The van der Waals surface area contributed by atoms with Gasteiger partial charge in [-0.1, -0.05) is 52.7 Å².